The summed E-state index contributed by atoms with van der Waals surface area (Å²) in [6, 6.07) is 22.4. The van der Waals surface area contributed by atoms with Gasteiger partial charge in [0.15, 0.2) is 0 Å². The first-order valence-corrected chi connectivity index (χ1v) is 13.4. The average molecular weight is 422 g/mol. The van der Waals surface area contributed by atoms with Crippen LogP contribution in [0.2, 0.25) is 5.04 Å². The van der Waals surface area contributed by atoms with Crippen molar-refractivity contribution in [3.63, 3.8) is 0 Å². The van der Waals surface area contributed by atoms with E-state index in [2.05, 4.69) is 106 Å². The molecule has 2 aromatic carbocycles. The molecule has 2 nitrogen and oxygen atoms in total. The summed E-state index contributed by atoms with van der Waals surface area (Å²) in [6.07, 6.45) is 5.76. The Bertz CT molecular complexity index is 738. The molecule has 1 aliphatic rings. The summed E-state index contributed by atoms with van der Waals surface area (Å²) in [6.45, 7) is 15.5. The summed E-state index contributed by atoms with van der Waals surface area (Å²) in [5.41, 5.74) is 0. The lowest BCUT2D eigenvalue weighted by molar-refractivity contribution is 0.234. The van der Waals surface area contributed by atoms with Crippen LogP contribution in [0.1, 0.15) is 47.0 Å². The van der Waals surface area contributed by atoms with E-state index in [9.17, 15) is 0 Å². The normalized spacial score (nSPS) is 19.4. The maximum Gasteiger partial charge on any atom is 0.261 e. The molecule has 1 heterocycles. The molecule has 1 N–H and O–H groups in total. The van der Waals surface area contributed by atoms with Crippen molar-refractivity contribution in [1.29, 1.82) is 0 Å². The number of hydrogen-bond donors (Lipinski definition) is 1. The average Bonchev–Trinajstić information content (AvgIpc) is 3.26. The molecule has 2 aromatic rings. The maximum absolute atomic E-state index is 7.08. The molecule has 0 spiro atoms. The molecule has 30 heavy (non-hydrogen) atoms. The molecule has 3 heteroatoms. The van der Waals surface area contributed by atoms with Gasteiger partial charge in [-0.05, 0) is 53.1 Å². The second kappa shape index (κ2) is 10.1. The first-order chi connectivity index (χ1) is 14.4. The van der Waals surface area contributed by atoms with Crippen molar-refractivity contribution in [2.45, 2.75) is 58.0 Å². The Balaban J connectivity index is 1.85. The van der Waals surface area contributed by atoms with E-state index in [4.69, 9.17) is 4.43 Å². The molecule has 0 saturated carbocycles. The highest BCUT2D eigenvalue weighted by atomic mass is 28.4. The molecule has 0 aliphatic carbocycles. The van der Waals surface area contributed by atoms with Gasteiger partial charge in [-0.3, -0.25) is 0 Å². The lowest BCUT2D eigenvalue weighted by Crippen LogP contribution is -2.66. The van der Waals surface area contributed by atoms with Crippen molar-refractivity contribution in [2.75, 3.05) is 13.2 Å². The summed E-state index contributed by atoms with van der Waals surface area (Å²) >= 11 is 0. The fourth-order valence-corrected chi connectivity index (χ4v) is 9.76. The van der Waals surface area contributed by atoms with Crippen LogP contribution in [-0.2, 0) is 4.43 Å². The van der Waals surface area contributed by atoms with Gasteiger partial charge in [-0.2, -0.15) is 0 Å². The minimum Gasteiger partial charge on any atom is -0.407 e. The van der Waals surface area contributed by atoms with Gasteiger partial charge >= 0.3 is 0 Å². The topological polar surface area (TPSA) is 21.3 Å². The number of nitrogens with one attached hydrogen (secondary N) is 1. The van der Waals surface area contributed by atoms with Crippen molar-refractivity contribution < 1.29 is 4.43 Å². The Morgan fingerprint density at radius 2 is 1.63 bits per heavy atom. The zero-order valence-electron chi connectivity index (χ0n) is 19.2. The van der Waals surface area contributed by atoms with Crippen LogP contribution in [0.5, 0.6) is 0 Å². The van der Waals surface area contributed by atoms with E-state index in [0.29, 0.717) is 17.9 Å². The third-order valence-corrected chi connectivity index (χ3v) is 11.8. The lowest BCUT2D eigenvalue weighted by atomic mass is 9.85. The summed E-state index contributed by atoms with van der Waals surface area (Å²) < 4.78 is 7.08. The first-order valence-electron chi connectivity index (χ1n) is 11.5. The standard InChI is InChI=1S/C27H39NOSi/c1-6-25(26-18-13-20-28-26)22(2)19-21-29-30(27(3,4)5,23-14-9-7-10-15-23)24-16-11-8-12-17-24/h6-12,14-17,22,25-26,28H,1,13,18-21H2,2-5H3/t22-,25-,26+/m1/s1. The van der Waals surface area contributed by atoms with Gasteiger partial charge in [-0.15, -0.1) is 6.58 Å². The predicted octanol–water partition coefficient (Wildman–Crippen LogP) is 5.14. The molecule has 0 bridgehead atoms. The van der Waals surface area contributed by atoms with Gasteiger partial charge in [0.2, 0.25) is 0 Å². The third kappa shape index (κ3) is 4.79. The highest BCUT2D eigenvalue weighted by Crippen LogP contribution is 2.37. The van der Waals surface area contributed by atoms with E-state index < -0.39 is 8.32 Å². The molecule has 1 saturated heterocycles. The van der Waals surface area contributed by atoms with Gasteiger partial charge in [0, 0.05) is 12.6 Å². The second-order valence-electron chi connectivity index (χ2n) is 9.79. The van der Waals surface area contributed by atoms with Crippen LogP contribution in [0.4, 0.5) is 0 Å². The fraction of sp³-hybridized carbons (Fsp3) is 0.481. The highest BCUT2D eigenvalue weighted by molar-refractivity contribution is 6.99. The Kier molecular flexibility index (Phi) is 7.73. The van der Waals surface area contributed by atoms with Crippen molar-refractivity contribution >= 4 is 18.7 Å². The number of rotatable bonds is 9. The number of hydrogen-bond acceptors (Lipinski definition) is 2. The zero-order valence-corrected chi connectivity index (χ0v) is 20.2. The molecule has 0 amide bonds. The summed E-state index contributed by atoms with van der Waals surface area (Å²) in [5.74, 6) is 1.06. The van der Waals surface area contributed by atoms with Crippen molar-refractivity contribution in [3.05, 3.63) is 73.3 Å². The van der Waals surface area contributed by atoms with Crippen molar-refractivity contribution in [2.24, 2.45) is 11.8 Å². The Morgan fingerprint density at radius 1 is 1.07 bits per heavy atom. The lowest BCUT2D eigenvalue weighted by Gasteiger charge is -2.43. The quantitative estimate of drug-likeness (QED) is 0.447. The third-order valence-electron chi connectivity index (χ3n) is 6.80. The molecule has 3 rings (SSSR count). The predicted molar refractivity (Wildman–Crippen MR) is 132 cm³/mol. The van der Waals surface area contributed by atoms with Crippen molar-refractivity contribution in [1.82, 2.24) is 5.32 Å². The Labute approximate surface area is 184 Å². The van der Waals surface area contributed by atoms with E-state index in [-0.39, 0.29) is 5.04 Å². The molecule has 3 atom stereocenters. The van der Waals surface area contributed by atoms with Gasteiger partial charge in [-0.25, -0.2) is 0 Å². The maximum atomic E-state index is 7.08. The van der Waals surface area contributed by atoms with Gasteiger partial charge < -0.3 is 9.74 Å². The van der Waals surface area contributed by atoms with Gasteiger partial charge in [0.1, 0.15) is 0 Å². The SMILES string of the molecule is C=C[C@H]([C@H](C)CCO[Si](c1ccccc1)(c1ccccc1)C(C)(C)C)[C@@H]1CCCN1. The molecular weight excluding hydrogens is 382 g/mol. The van der Waals surface area contributed by atoms with Crippen LogP contribution in [0.15, 0.2) is 73.3 Å². The van der Waals surface area contributed by atoms with Crippen LogP contribution < -0.4 is 15.7 Å². The van der Waals surface area contributed by atoms with Gasteiger partial charge in [0.05, 0.1) is 0 Å². The van der Waals surface area contributed by atoms with Crippen LogP contribution in [-0.4, -0.2) is 27.5 Å². The van der Waals surface area contributed by atoms with E-state index in [1.165, 1.54) is 23.2 Å². The van der Waals surface area contributed by atoms with Gasteiger partial charge in [-0.1, -0.05) is 94.4 Å². The molecular formula is C27H39NOSi. The minimum atomic E-state index is -2.43. The summed E-state index contributed by atoms with van der Waals surface area (Å²) in [7, 11) is -2.43. The van der Waals surface area contributed by atoms with Gasteiger partial charge in [0.25, 0.3) is 8.32 Å². The highest BCUT2D eigenvalue weighted by Gasteiger charge is 2.50. The molecule has 162 valence electrons. The molecule has 0 unspecified atom stereocenters. The fourth-order valence-electron chi connectivity index (χ4n) is 5.19. The van der Waals surface area contributed by atoms with Crippen LogP contribution in [0, 0.1) is 11.8 Å². The van der Waals surface area contributed by atoms with Crippen LogP contribution >= 0.6 is 0 Å². The number of benzene rings is 2. The molecule has 0 aromatic heterocycles. The Hall–Kier alpha value is -1.68. The van der Waals surface area contributed by atoms with Crippen LogP contribution in [0.3, 0.4) is 0 Å². The van der Waals surface area contributed by atoms with Crippen LogP contribution in [0.25, 0.3) is 0 Å². The molecule has 1 fully saturated rings. The van der Waals surface area contributed by atoms with E-state index in [0.717, 1.165) is 19.6 Å². The smallest absolute Gasteiger partial charge is 0.261 e. The minimum absolute atomic E-state index is 0.0315. The van der Waals surface area contributed by atoms with E-state index in [1.54, 1.807) is 0 Å². The second-order valence-corrected chi connectivity index (χ2v) is 14.1. The molecule has 0 radical (unpaired) electrons. The van der Waals surface area contributed by atoms with E-state index >= 15 is 0 Å². The van der Waals surface area contributed by atoms with E-state index in [1.807, 2.05) is 0 Å². The summed E-state index contributed by atoms with van der Waals surface area (Å²) in [5, 5.41) is 6.41. The summed E-state index contributed by atoms with van der Waals surface area (Å²) in [4.78, 5) is 0. The Morgan fingerprint density at radius 3 is 2.07 bits per heavy atom. The largest absolute Gasteiger partial charge is 0.407 e. The molecule has 1 aliphatic heterocycles. The monoisotopic (exact) mass is 421 g/mol. The first kappa shape index (κ1) is 23.0. The zero-order chi connectivity index (χ0) is 21.6. The van der Waals surface area contributed by atoms with Crippen molar-refractivity contribution in [3.8, 4) is 0 Å².